The molecule has 2 amide bonds. The number of carboxylic acids is 1. The Kier molecular flexibility index (Phi) is 6.35. The van der Waals surface area contributed by atoms with E-state index in [2.05, 4.69) is 20.8 Å². The Morgan fingerprint density at radius 2 is 1.88 bits per heavy atom. The lowest BCUT2D eigenvalue weighted by molar-refractivity contribution is -0.129. The van der Waals surface area contributed by atoms with Crippen LogP contribution in [-0.4, -0.2) is 34.1 Å². The summed E-state index contributed by atoms with van der Waals surface area (Å²) in [4.78, 5) is 37.9. The number of benzene rings is 1. The van der Waals surface area contributed by atoms with Crippen molar-refractivity contribution in [2.75, 3.05) is 0 Å². The van der Waals surface area contributed by atoms with Crippen molar-refractivity contribution < 1.29 is 19.5 Å². The van der Waals surface area contributed by atoms with Crippen LogP contribution < -0.4 is 10.7 Å². The lowest BCUT2D eigenvalue weighted by atomic mass is 10.1. The quantitative estimate of drug-likeness (QED) is 0.393. The molecule has 0 saturated carbocycles. The van der Waals surface area contributed by atoms with E-state index < -0.39 is 17.8 Å². The number of carboxylic acid groups (broad SMARTS) is 1. The number of nitrogens with zero attached hydrogens (tertiary/aromatic N) is 2. The highest BCUT2D eigenvalue weighted by atomic mass is 16.4. The summed E-state index contributed by atoms with van der Waals surface area (Å²) in [5, 5.41) is 15.1. The fourth-order valence-corrected chi connectivity index (χ4v) is 1.84. The van der Waals surface area contributed by atoms with Crippen molar-refractivity contribution in [1.82, 2.24) is 15.7 Å². The summed E-state index contributed by atoms with van der Waals surface area (Å²) >= 11 is 0. The van der Waals surface area contributed by atoms with Crippen molar-refractivity contribution in [3.63, 3.8) is 0 Å². The van der Waals surface area contributed by atoms with Gasteiger partial charge < -0.3 is 10.4 Å². The van der Waals surface area contributed by atoms with Gasteiger partial charge in [-0.2, -0.15) is 5.10 Å². The van der Waals surface area contributed by atoms with Gasteiger partial charge in [-0.15, -0.1) is 0 Å². The van der Waals surface area contributed by atoms with Crippen molar-refractivity contribution >= 4 is 24.0 Å². The number of amides is 2. The third-order valence-corrected chi connectivity index (χ3v) is 3.09. The molecule has 8 heteroatoms. The number of hydrogen-bond acceptors (Lipinski definition) is 5. The van der Waals surface area contributed by atoms with Gasteiger partial charge in [-0.1, -0.05) is 18.2 Å². The molecule has 1 heterocycles. The van der Waals surface area contributed by atoms with Crippen molar-refractivity contribution in [2.45, 2.75) is 13.0 Å². The normalized spacial score (nSPS) is 10.4. The topological polar surface area (TPSA) is 121 Å². The molecule has 0 unspecified atom stereocenters. The Labute approximate surface area is 143 Å². The summed E-state index contributed by atoms with van der Waals surface area (Å²) in [6.45, 7) is 0.291. The fourth-order valence-electron chi connectivity index (χ4n) is 1.84. The zero-order valence-electron chi connectivity index (χ0n) is 13.2. The number of carbonyl (C=O) groups is 3. The molecule has 0 radical (unpaired) electrons. The molecule has 128 valence electrons. The average molecular weight is 340 g/mol. The maximum absolute atomic E-state index is 11.7. The molecule has 25 heavy (non-hydrogen) atoms. The van der Waals surface area contributed by atoms with Gasteiger partial charge in [-0.05, 0) is 29.3 Å². The van der Waals surface area contributed by atoms with Gasteiger partial charge in [-0.25, -0.2) is 10.2 Å². The van der Waals surface area contributed by atoms with E-state index in [0.717, 1.165) is 5.56 Å². The summed E-state index contributed by atoms with van der Waals surface area (Å²) in [6, 6.07) is 9.54. The molecule has 0 aliphatic rings. The van der Waals surface area contributed by atoms with E-state index in [-0.39, 0.29) is 12.0 Å². The van der Waals surface area contributed by atoms with Gasteiger partial charge in [-0.3, -0.25) is 14.6 Å². The van der Waals surface area contributed by atoms with Crippen LogP contribution in [-0.2, 0) is 16.1 Å². The van der Waals surface area contributed by atoms with E-state index in [9.17, 15) is 14.4 Å². The first-order chi connectivity index (χ1) is 12.0. The smallest absolute Gasteiger partial charge is 0.335 e. The monoisotopic (exact) mass is 340 g/mol. The maximum atomic E-state index is 11.7. The molecule has 0 fully saturated rings. The first-order valence-electron chi connectivity index (χ1n) is 7.35. The maximum Gasteiger partial charge on any atom is 0.335 e. The summed E-state index contributed by atoms with van der Waals surface area (Å²) < 4.78 is 0. The van der Waals surface area contributed by atoms with Crippen molar-refractivity contribution in [3.05, 3.63) is 65.5 Å². The van der Waals surface area contributed by atoms with Gasteiger partial charge in [0.15, 0.2) is 0 Å². The number of rotatable bonds is 7. The van der Waals surface area contributed by atoms with Gasteiger partial charge in [0.05, 0.1) is 11.8 Å². The molecule has 0 bridgehead atoms. The minimum atomic E-state index is -1.02. The number of aromatic nitrogens is 1. The summed E-state index contributed by atoms with van der Waals surface area (Å²) in [5.74, 6) is -2.00. The summed E-state index contributed by atoms with van der Waals surface area (Å²) in [5.41, 5.74) is 3.85. The van der Waals surface area contributed by atoms with Crippen molar-refractivity contribution in [1.29, 1.82) is 0 Å². The van der Waals surface area contributed by atoms with Gasteiger partial charge in [0, 0.05) is 18.9 Å². The lowest BCUT2D eigenvalue weighted by Crippen LogP contribution is -2.29. The van der Waals surface area contributed by atoms with E-state index in [4.69, 9.17) is 5.11 Å². The predicted molar refractivity (Wildman–Crippen MR) is 89.8 cm³/mol. The minimum absolute atomic E-state index is 0.159. The second-order valence-corrected chi connectivity index (χ2v) is 5.04. The van der Waals surface area contributed by atoms with Crippen LogP contribution in [0.4, 0.5) is 0 Å². The molecular weight excluding hydrogens is 324 g/mol. The van der Waals surface area contributed by atoms with E-state index in [1.54, 1.807) is 30.6 Å². The SMILES string of the molecule is O=C(CC(=O)N/N=C\c1ccc(C(=O)O)cc1)NCc1cccnc1. The summed E-state index contributed by atoms with van der Waals surface area (Å²) in [6.07, 6.45) is 4.26. The van der Waals surface area contributed by atoms with Crippen molar-refractivity contribution in [3.8, 4) is 0 Å². The van der Waals surface area contributed by atoms with Gasteiger partial charge in [0.2, 0.25) is 11.8 Å². The molecule has 1 aromatic heterocycles. The largest absolute Gasteiger partial charge is 0.478 e. The molecule has 0 spiro atoms. The first-order valence-corrected chi connectivity index (χ1v) is 7.35. The second kappa shape index (κ2) is 8.92. The molecule has 8 nitrogen and oxygen atoms in total. The second-order valence-electron chi connectivity index (χ2n) is 5.04. The molecular formula is C17H16N4O4. The van der Waals surface area contributed by atoms with Crippen LogP contribution in [0, 0.1) is 0 Å². The fraction of sp³-hybridized carbons (Fsp3) is 0.118. The molecule has 0 atom stereocenters. The van der Waals surface area contributed by atoms with Crippen molar-refractivity contribution in [2.24, 2.45) is 5.10 Å². The Hall–Kier alpha value is -3.55. The van der Waals surface area contributed by atoms with Crippen LogP contribution in [0.25, 0.3) is 0 Å². The van der Waals surface area contributed by atoms with Gasteiger partial charge >= 0.3 is 5.97 Å². The Balaban J connectivity index is 1.74. The highest BCUT2D eigenvalue weighted by Gasteiger charge is 2.08. The van der Waals surface area contributed by atoms with Crippen LogP contribution >= 0.6 is 0 Å². The van der Waals surface area contributed by atoms with Gasteiger partial charge in [0.25, 0.3) is 0 Å². The first kappa shape index (κ1) is 17.8. The Morgan fingerprint density at radius 1 is 1.12 bits per heavy atom. The van der Waals surface area contributed by atoms with Crippen LogP contribution in [0.15, 0.2) is 53.9 Å². The predicted octanol–water partition coefficient (Wildman–Crippen LogP) is 0.936. The van der Waals surface area contributed by atoms with E-state index in [1.165, 1.54) is 18.3 Å². The number of nitrogens with one attached hydrogen (secondary N) is 2. The standard InChI is InChI=1S/C17H16N4O4/c22-15(19-10-13-2-1-7-18-9-13)8-16(23)21-20-11-12-3-5-14(6-4-12)17(24)25/h1-7,9,11H,8,10H2,(H,19,22)(H,21,23)(H,24,25)/b20-11-. The number of hydrazone groups is 1. The van der Waals surface area contributed by atoms with E-state index in [1.807, 2.05) is 6.07 Å². The Bertz CT molecular complexity index is 773. The zero-order chi connectivity index (χ0) is 18.1. The molecule has 0 saturated heterocycles. The van der Waals surface area contributed by atoms with E-state index >= 15 is 0 Å². The minimum Gasteiger partial charge on any atom is -0.478 e. The molecule has 2 rings (SSSR count). The van der Waals surface area contributed by atoms with E-state index in [0.29, 0.717) is 12.1 Å². The molecule has 0 aliphatic carbocycles. The lowest BCUT2D eigenvalue weighted by Gasteiger charge is -2.04. The third-order valence-electron chi connectivity index (χ3n) is 3.09. The highest BCUT2D eigenvalue weighted by Crippen LogP contribution is 2.02. The highest BCUT2D eigenvalue weighted by molar-refractivity contribution is 5.97. The zero-order valence-corrected chi connectivity index (χ0v) is 13.2. The Morgan fingerprint density at radius 3 is 2.52 bits per heavy atom. The van der Waals surface area contributed by atoms with Crippen LogP contribution in [0.3, 0.4) is 0 Å². The summed E-state index contributed by atoms with van der Waals surface area (Å²) in [7, 11) is 0. The average Bonchev–Trinajstić information content (AvgIpc) is 2.61. The number of aromatic carboxylic acids is 1. The van der Waals surface area contributed by atoms with Crippen LogP contribution in [0.2, 0.25) is 0 Å². The molecule has 2 aromatic rings. The third kappa shape index (κ3) is 6.22. The number of hydrogen-bond donors (Lipinski definition) is 3. The van der Waals surface area contributed by atoms with Crippen LogP contribution in [0.5, 0.6) is 0 Å². The van der Waals surface area contributed by atoms with Gasteiger partial charge in [0.1, 0.15) is 6.42 Å². The molecule has 3 N–H and O–H groups in total. The molecule has 0 aliphatic heterocycles. The van der Waals surface area contributed by atoms with Crippen LogP contribution in [0.1, 0.15) is 27.9 Å². The molecule has 1 aromatic carbocycles. The number of pyridine rings is 1. The number of carbonyl (C=O) groups excluding carboxylic acids is 2.